The molecule has 6 heteroatoms. The number of halogens is 1. The van der Waals surface area contributed by atoms with Crippen molar-refractivity contribution in [3.63, 3.8) is 0 Å². The van der Waals surface area contributed by atoms with Gasteiger partial charge in [-0.2, -0.15) is 0 Å². The molecule has 21 heavy (non-hydrogen) atoms. The summed E-state index contributed by atoms with van der Waals surface area (Å²) in [7, 11) is 5.49. The zero-order valence-corrected chi connectivity index (χ0v) is 16.2. The Morgan fingerprint density at radius 3 is 2.48 bits per heavy atom. The minimum absolute atomic E-state index is 0. The average molecular weight is 410 g/mol. The molecule has 0 atom stereocenters. The van der Waals surface area contributed by atoms with Crippen LogP contribution < -0.4 is 5.32 Å². The number of unbranched alkanes of at least 4 members (excludes halogenated alkanes) is 2. The number of amides is 1. The molecule has 0 aromatic heterocycles. The molecule has 0 aliphatic rings. The van der Waals surface area contributed by atoms with Gasteiger partial charge in [0, 0.05) is 34.2 Å². The second-order valence-corrected chi connectivity index (χ2v) is 5.06. The van der Waals surface area contributed by atoms with Crippen LogP contribution >= 0.6 is 24.0 Å². The largest absolute Gasteiger partial charge is 0.356 e. The van der Waals surface area contributed by atoms with Crippen LogP contribution in [0.4, 0.5) is 0 Å². The third kappa shape index (κ3) is 11.5. The second-order valence-electron chi connectivity index (χ2n) is 5.06. The van der Waals surface area contributed by atoms with Gasteiger partial charge in [0.25, 0.3) is 0 Å². The Balaban J connectivity index is 0. The van der Waals surface area contributed by atoms with Gasteiger partial charge in [-0.1, -0.05) is 19.4 Å². The van der Waals surface area contributed by atoms with E-state index in [1.807, 2.05) is 13.1 Å². The Bertz CT molecular complexity index is 319. The molecule has 0 unspecified atom stereocenters. The molecule has 0 bridgehead atoms. The van der Waals surface area contributed by atoms with E-state index in [-0.39, 0.29) is 36.4 Å². The van der Waals surface area contributed by atoms with Crippen LogP contribution in [-0.4, -0.2) is 62.4 Å². The Labute approximate surface area is 146 Å². The van der Waals surface area contributed by atoms with Crippen molar-refractivity contribution in [2.75, 3.05) is 40.8 Å². The van der Waals surface area contributed by atoms with Gasteiger partial charge in [-0.25, -0.2) is 4.99 Å². The predicted molar refractivity (Wildman–Crippen MR) is 101 cm³/mol. The molecule has 1 amide bonds. The summed E-state index contributed by atoms with van der Waals surface area (Å²) < 4.78 is 0. The maximum absolute atomic E-state index is 11.6. The van der Waals surface area contributed by atoms with Crippen molar-refractivity contribution in [3.05, 3.63) is 12.7 Å². The molecule has 5 nitrogen and oxygen atoms in total. The maximum Gasteiger partial charge on any atom is 0.243 e. The Hall–Kier alpha value is -0.790. The highest BCUT2D eigenvalue weighted by Crippen LogP contribution is 1.96. The molecule has 0 heterocycles. The van der Waals surface area contributed by atoms with E-state index in [0.29, 0.717) is 0 Å². The zero-order chi connectivity index (χ0) is 15.4. The number of carbonyl (C=O) groups is 1. The fraction of sp³-hybridized carbons (Fsp3) is 0.733. The molecular formula is C15H31IN4O. The third-order valence-electron chi connectivity index (χ3n) is 2.94. The van der Waals surface area contributed by atoms with E-state index in [9.17, 15) is 4.79 Å². The molecule has 1 N–H and O–H groups in total. The first-order chi connectivity index (χ1) is 9.52. The molecule has 0 aromatic carbocycles. The average Bonchev–Trinajstić information content (AvgIpc) is 2.42. The number of hydrogen-bond acceptors (Lipinski definition) is 2. The van der Waals surface area contributed by atoms with Gasteiger partial charge < -0.3 is 15.1 Å². The van der Waals surface area contributed by atoms with Crippen LogP contribution in [0.5, 0.6) is 0 Å². The minimum atomic E-state index is 0. The topological polar surface area (TPSA) is 47.9 Å². The molecule has 124 valence electrons. The summed E-state index contributed by atoms with van der Waals surface area (Å²) in [5.41, 5.74) is 0. The van der Waals surface area contributed by atoms with Gasteiger partial charge in [0.2, 0.25) is 5.91 Å². The van der Waals surface area contributed by atoms with Crippen LogP contribution in [0, 0.1) is 0 Å². The van der Waals surface area contributed by atoms with Crippen LogP contribution in [0.25, 0.3) is 0 Å². The number of carbonyl (C=O) groups excluding carboxylic acids is 1. The van der Waals surface area contributed by atoms with E-state index in [1.165, 1.54) is 0 Å². The standard InChI is InChI=1S/C15H30N4O.HI/c1-6-8-10-12-19(5)15(16-11-9-7-2)17-13-14(20)18(3)4;/h6H,1,7-13H2,2-5H3,(H,16,17);1H. The first-order valence-corrected chi connectivity index (χ1v) is 7.33. The first kappa shape index (κ1) is 22.5. The first-order valence-electron chi connectivity index (χ1n) is 7.33. The van der Waals surface area contributed by atoms with Crippen molar-refractivity contribution in [2.45, 2.75) is 32.6 Å². The molecular weight excluding hydrogens is 379 g/mol. The Morgan fingerprint density at radius 2 is 1.95 bits per heavy atom. The molecule has 0 fully saturated rings. The number of guanidine groups is 1. The minimum Gasteiger partial charge on any atom is -0.356 e. The van der Waals surface area contributed by atoms with Crippen molar-refractivity contribution in [2.24, 2.45) is 4.99 Å². The number of hydrogen-bond donors (Lipinski definition) is 1. The van der Waals surface area contributed by atoms with Gasteiger partial charge in [0.05, 0.1) is 0 Å². The lowest BCUT2D eigenvalue weighted by Gasteiger charge is -2.22. The quantitative estimate of drug-likeness (QED) is 0.209. The summed E-state index contributed by atoms with van der Waals surface area (Å²) in [4.78, 5) is 19.7. The van der Waals surface area contributed by atoms with Crippen LogP contribution in [-0.2, 0) is 4.79 Å². The number of nitrogens with one attached hydrogen (secondary N) is 1. The van der Waals surface area contributed by atoms with Crippen molar-refractivity contribution < 1.29 is 4.79 Å². The smallest absolute Gasteiger partial charge is 0.243 e. The van der Waals surface area contributed by atoms with Gasteiger partial charge in [0.15, 0.2) is 5.96 Å². The van der Waals surface area contributed by atoms with Gasteiger partial charge in [-0.15, -0.1) is 30.6 Å². The number of nitrogens with zero attached hydrogens (tertiary/aromatic N) is 3. The van der Waals surface area contributed by atoms with Crippen molar-refractivity contribution in [3.8, 4) is 0 Å². The summed E-state index contributed by atoms with van der Waals surface area (Å²) in [6, 6.07) is 0. The number of allylic oxidation sites excluding steroid dienone is 1. The molecule has 0 aromatic rings. The zero-order valence-electron chi connectivity index (χ0n) is 13.9. The van der Waals surface area contributed by atoms with Crippen LogP contribution in [0.2, 0.25) is 0 Å². The van der Waals surface area contributed by atoms with E-state index >= 15 is 0 Å². The van der Waals surface area contributed by atoms with Crippen molar-refractivity contribution in [1.82, 2.24) is 15.1 Å². The van der Waals surface area contributed by atoms with Gasteiger partial charge in [-0.05, 0) is 19.3 Å². The van der Waals surface area contributed by atoms with Gasteiger partial charge >= 0.3 is 0 Å². The summed E-state index contributed by atoms with van der Waals surface area (Å²) >= 11 is 0. The van der Waals surface area contributed by atoms with Crippen molar-refractivity contribution >= 4 is 35.8 Å². The Kier molecular flexibility index (Phi) is 15.2. The highest BCUT2D eigenvalue weighted by atomic mass is 127. The lowest BCUT2D eigenvalue weighted by Crippen LogP contribution is -2.40. The fourth-order valence-electron chi connectivity index (χ4n) is 1.55. The number of aliphatic imine (C=N–C) groups is 1. The van der Waals surface area contributed by atoms with E-state index in [0.717, 1.165) is 44.7 Å². The lowest BCUT2D eigenvalue weighted by molar-refractivity contribution is -0.127. The van der Waals surface area contributed by atoms with Crippen molar-refractivity contribution in [1.29, 1.82) is 0 Å². The molecule has 0 radical (unpaired) electrons. The number of rotatable bonds is 9. The van der Waals surface area contributed by atoms with Crippen LogP contribution in [0.3, 0.4) is 0 Å². The molecule has 0 spiro atoms. The van der Waals surface area contributed by atoms with E-state index in [4.69, 9.17) is 0 Å². The molecule has 0 saturated heterocycles. The third-order valence-corrected chi connectivity index (χ3v) is 2.94. The molecule has 0 aliphatic heterocycles. The number of likely N-dealkylation sites (N-methyl/N-ethyl adjacent to an activating group) is 1. The van der Waals surface area contributed by atoms with E-state index in [2.05, 4.69) is 28.7 Å². The summed E-state index contributed by atoms with van der Waals surface area (Å²) in [6.45, 7) is 7.86. The van der Waals surface area contributed by atoms with Gasteiger partial charge in [-0.3, -0.25) is 4.79 Å². The normalized spacial score (nSPS) is 10.6. The molecule has 0 saturated carbocycles. The summed E-state index contributed by atoms with van der Waals surface area (Å²) in [5, 5.41) is 3.32. The monoisotopic (exact) mass is 410 g/mol. The highest BCUT2D eigenvalue weighted by Gasteiger charge is 2.08. The van der Waals surface area contributed by atoms with E-state index < -0.39 is 0 Å². The second kappa shape index (κ2) is 14.2. The fourth-order valence-corrected chi connectivity index (χ4v) is 1.55. The molecule has 0 rings (SSSR count). The maximum atomic E-state index is 11.6. The Morgan fingerprint density at radius 1 is 1.29 bits per heavy atom. The van der Waals surface area contributed by atoms with Crippen LogP contribution in [0.1, 0.15) is 32.6 Å². The van der Waals surface area contributed by atoms with Crippen LogP contribution in [0.15, 0.2) is 17.6 Å². The predicted octanol–water partition coefficient (Wildman–Crippen LogP) is 2.34. The summed E-state index contributed by atoms with van der Waals surface area (Å²) in [5.74, 6) is 0.817. The lowest BCUT2D eigenvalue weighted by atomic mass is 10.3. The molecule has 0 aliphatic carbocycles. The van der Waals surface area contributed by atoms with Gasteiger partial charge in [0.1, 0.15) is 6.54 Å². The van der Waals surface area contributed by atoms with E-state index in [1.54, 1.807) is 19.0 Å². The SMILES string of the molecule is C=CCCCN(C)C(=NCC(=O)N(C)C)NCCCC.I. The summed E-state index contributed by atoms with van der Waals surface area (Å²) in [6.07, 6.45) is 6.18. The highest BCUT2D eigenvalue weighted by molar-refractivity contribution is 14.0.